The third kappa shape index (κ3) is 4.43. The van der Waals surface area contributed by atoms with E-state index < -0.39 is 0 Å². The predicted octanol–water partition coefficient (Wildman–Crippen LogP) is 4.01. The summed E-state index contributed by atoms with van der Waals surface area (Å²) in [7, 11) is 0. The molecule has 0 saturated carbocycles. The zero-order chi connectivity index (χ0) is 19.9. The molecule has 146 valence electrons. The average molecular weight is 376 g/mol. The number of fused-ring (bicyclic) bond motifs is 1. The number of aryl methyl sites for hydroxylation is 1. The van der Waals surface area contributed by atoms with Crippen LogP contribution in [0.3, 0.4) is 0 Å². The highest BCUT2D eigenvalue weighted by molar-refractivity contribution is 5.83. The Balaban J connectivity index is 1.72. The SMILES string of the molecule is C/C=C\C1=C(C)C(=C\CNCC(=O)N2CCC[C@H]2C#N)/c2ccccc2CC1. The first-order valence-corrected chi connectivity index (χ1v) is 10.2. The molecule has 1 aromatic carbocycles. The molecule has 3 rings (SSSR count). The zero-order valence-corrected chi connectivity index (χ0v) is 16.9. The lowest BCUT2D eigenvalue weighted by atomic mass is 9.94. The van der Waals surface area contributed by atoms with Gasteiger partial charge < -0.3 is 10.2 Å². The minimum absolute atomic E-state index is 0.0191. The summed E-state index contributed by atoms with van der Waals surface area (Å²) < 4.78 is 0. The van der Waals surface area contributed by atoms with E-state index in [1.807, 2.05) is 0 Å². The molecule has 4 nitrogen and oxygen atoms in total. The smallest absolute Gasteiger partial charge is 0.237 e. The van der Waals surface area contributed by atoms with Crippen molar-refractivity contribution in [3.8, 4) is 6.07 Å². The van der Waals surface area contributed by atoms with Crippen molar-refractivity contribution in [3.63, 3.8) is 0 Å². The molecule has 0 aromatic heterocycles. The summed E-state index contributed by atoms with van der Waals surface area (Å²) >= 11 is 0. The van der Waals surface area contributed by atoms with Crippen molar-refractivity contribution in [1.82, 2.24) is 10.2 Å². The molecule has 1 saturated heterocycles. The van der Waals surface area contributed by atoms with Gasteiger partial charge in [0.25, 0.3) is 0 Å². The summed E-state index contributed by atoms with van der Waals surface area (Å²) in [6.45, 7) is 5.84. The quantitative estimate of drug-likeness (QED) is 0.791. The summed E-state index contributed by atoms with van der Waals surface area (Å²) in [5.74, 6) is 0.0191. The second-order valence-electron chi connectivity index (χ2n) is 7.43. The second kappa shape index (κ2) is 9.52. The maximum Gasteiger partial charge on any atom is 0.237 e. The van der Waals surface area contributed by atoms with Gasteiger partial charge in [0.05, 0.1) is 12.6 Å². The number of benzene rings is 1. The summed E-state index contributed by atoms with van der Waals surface area (Å²) in [6, 6.07) is 10.6. The van der Waals surface area contributed by atoms with Crippen LogP contribution in [0.2, 0.25) is 0 Å². The molecular formula is C24H29N3O. The lowest BCUT2D eigenvalue weighted by molar-refractivity contribution is -0.130. The van der Waals surface area contributed by atoms with E-state index in [1.54, 1.807) is 4.90 Å². The number of allylic oxidation sites excluding steroid dienone is 5. The Bertz CT molecular complexity index is 857. The number of likely N-dealkylation sites (tertiary alicyclic amines) is 1. The van der Waals surface area contributed by atoms with Gasteiger partial charge in [-0.2, -0.15) is 5.26 Å². The van der Waals surface area contributed by atoms with Crippen molar-refractivity contribution >= 4 is 11.5 Å². The third-order valence-electron chi connectivity index (χ3n) is 5.67. The van der Waals surface area contributed by atoms with Crippen molar-refractivity contribution in [2.24, 2.45) is 0 Å². The Hall–Kier alpha value is -2.64. The third-order valence-corrected chi connectivity index (χ3v) is 5.67. The fourth-order valence-corrected chi connectivity index (χ4v) is 4.16. The van der Waals surface area contributed by atoms with Crippen LogP contribution >= 0.6 is 0 Å². The summed E-state index contributed by atoms with van der Waals surface area (Å²) in [5, 5.41) is 12.4. The molecule has 1 fully saturated rings. The molecular weight excluding hydrogens is 346 g/mol. The number of carbonyl (C=O) groups excluding carboxylic acids is 1. The summed E-state index contributed by atoms with van der Waals surface area (Å²) in [6.07, 6.45) is 10.3. The largest absolute Gasteiger partial charge is 0.326 e. The molecule has 1 aliphatic carbocycles. The number of nitriles is 1. The van der Waals surface area contributed by atoms with Crippen LogP contribution in [0.5, 0.6) is 0 Å². The standard InChI is InChI=1S/C24H29N3O/c1-3-7-19-11-12-20-8-4-5-10-23(20)22(18(19)2)13-14-26-17-24(28)27-15-6-9-21(27)16-25/h3-5,7-8,10,13,21,26H,6,9,11-12,14-15,17H2,1-2H3/b7-3-,22-13+/t21-/m0/s1. The van der Waals surface area contributed by atoms with Crippen LogP contribution in [0.1, 0.15) is 44.2 Å². The average Bonchev–Trinajstić information content (AvgIpc) is 3.15. The number of carbonyl (C=O) groups is 1. The zero-order valence-electron chi connectivity index (χ0n) is 16.9. The molecule has 2 aliphatic rings. The number of amides is 1. The number of rotatable bonds is 5. The van der Waals surface area contributed by atoms with Gasteiger partial charge in [0.15, 0.2) is 0 Å². The van der Waals surface area contributed by atoms with Gasteiger partial charge in [-0.1, -0.05) is 42.5 Å². The lowest BCUT2D eigenvalue weighted by Gasteiger charge is -2.19. The summed E-state index contributed by atoms with van der Waals surface area (Å²) in [4.78, 5) is 14.1. The fourth-order valence-electron chi connectivity index (χ4n) is 4.16. The molecule has 1 amide bonds. The molecule has 0 unspecified atom stereocenters. The molecule has 4 heteroatoms. The van der Waals surface area contributed by atoms with Gasteiger partial charge in [-0.15, -0.1) is 0 Å². The molecule has 1 aromatic rings. The van der Waals surface area contributed by atoms with Crippen LogP contribution in [0.25, 0.3) is 5.57 Å². The first-order valence-electron chi connectivity index (χ1n) is 10.2. The second-order valence-corrected chi connectivity index (χ2v) is 7.43. The Morgan fingerprint density at radius 1 is 1.36 bits per heavy atom. The van der Waals surface area contributed by atoms with Crippen LogP contribution < -0.4 is 5.32 Å². The van der Waals surface area contributed by atoms with Gasteiger partial charge in [-0.3, -0.25) is 4.79 Å². The van der Waals surface area contributed by atoms with E-state index in [-0.39, 0.29) is 18.5 Å². The first-order chi connectivity index (χ1) is 13.7. The molecule has 1 N–H and O–H groups in total. The van der Waals surface area contributed by atoms with Crippen LogP contribution in [-0.2, 0) is 11.2 Å². The van der Waals surface area contributed by atoms with Gasteiger partial charge in [-0.05, 0) is 67.4 Å². The van der Waals surface area contributed by atoms with Crippen molar-refractivity contribution in [1.29, 1.82) is 5.26 Å². The molecule has 0 spiro atoms. The van der Waals surface area contributed by atoms with Crippen LogP contribution in [0.15, 0.2) is 53.6 Å². The van der Waals surface area contributed by atoms with Gasteiger partial charge in [0.2, 0.25) is 5.91 Å². The Kier molecular flexibility index (Phi) is 6.84. The van der Waals surface area contributed by atoms with E-state index in [0.717, 1.165) is 25.7 Å². The lowest BCUT2D eigenvalue weighted by Crippen LogP contribution is -2.40. The minimum Gasteiger partial charge on any atom is -0.326 e. The van der Waals surface area contributed by atoms with Crippen molar-refractivity contribution in [2.75, 3.05) is 19.6 Å². The van der Waals surface area contributed by atoms with Crippen LogP contribution in [0, 0.1) is 11.3 Å². The number of hydrogen-bond donors (Lipinski definition) is 1. The van der Waals surface area contributed by atoms with Crippen LogP contribution in [0.4, 0.5) is 0 Å². The van der Waals surface area contributed by atoms with E-state index in [4.69, 9.17) is 5.26 Å². The molecule has 1 atom stereocenters. The van der Waals surface area contributed by atoms with Crippen molar-refractivity contribution < 1.29 is 4.79 Å². The maximum absolute atomic E-state index is 12.4. The van der Waals surface area contributed by atoms with Gasteiger partial charge in [0.1, 0.15) is 6.04 Å². The highest BCUT2D eigenvalue weighted by Gasteiger charge is 2.27. The Morgan fingerprint density at radius 2 is 2.18 bits per heavy atom. The van der Waals surface area contributed by atoms with Gasteiger partial charge >= 0.3 is 0 Å². The van der Waals surface area contributed by atoms with E-state index in [0.29, 0.717) is 13.1 Å². The molecule has 1 heterocycles. The molecule has 0 radical (unpaired) electrons. The van der Waals surface area contributed by atoms with E-state index in [9.17, 15) is 4.79 Å². The highest BCUT2D eigenvalue weighted by atomic mass is 16.2. The summed E-state index contributed by atoms with van der Waals surface area (Å²) in [5.41, 5.74) is 6.58. The van der Waals surface area contributed by atoms with E-state index >= 15 is 0 Å². The van der Waals surface area contributed by atoms with Crippen molar-refractivity contribution in [2.45, 2.75) is 45.6 Å². The Morgan fingerprint density at radius 3 is 2.96 bits per heavy atom. The van der Waals surface area contributed by atoms with Gasteiger partial charge in [-0.25, -0.2) is 0 Å². The van der Waals surface area contributed by atoms with E-state index in [1.165, 1.54) is 27.8 Å². The predicted molar refractivity (Wildman–Crippen MR) is 113 cm³/mol. The maximum atomic E-state index is 12.4. The highest BCUT2D eigenvalue weighted by Crippen LogP contribution is 2.34. The number of nitrogens with zero attached hydrogens (tertiary/aromatic N) is 2. The normalized spacial score (nSPS) is 21.1. The van der Waals surface area contributed by atoms with Crippen LogP contribution in [-0.4, -0.2) is 36.5 Å². The first kappa shape index (κ1) is 20.1. The minimum atomic E-state index is -0.255. The van der Waals surface area contributed by atoms with Crippen molar-refractivity contribution in [3.05, 3.63) is 64.8 Å². The molecule has 0 bridgehead atoms. The number of hydrogen-bond acceptors (Lipinski definition) is 3. The van der Waals surface area contributed by atoms with E-state index in [2.05, 4.69) is 67.7 Å². The molecule has 28 heavy (non-hydrogen) atoms. The number of nitrogens with one attached hydrogen (secondary N) is 1. The fraction of sp³-hybridized carbons (Fsp3) is 0.417. The monoisotopic (exact) mass is 375 g/mol. The molecule has 1 aliphatic heterocycles. The topological polar surface area (TPSA) is 56.1 Å². The van der Waals surface area contributed by atoms with Gasteiger partial charge in [0, 0.05) is 13.1 Å². The Labute approximate surface area is 168 Å².